The monoisotopic (exact) mass is 271 g/mol. The van der Waals surface area contributed by atoms with E-state index in [-0.39, 0.29) is 12.8 Å². The summed E-state index contributed by atoms with van der Waals surface area (Å²) >= 11 is 0. The van der Waals surface area contributed by atoms with Crippen LogP contribution in [0.15, 0.2) is 0 Å². The fraction of sp³-hybridized carbons (Fsp3) is 0.667. The van der Waals surface area contributed by atoms with E-state index in [0.29, 0.717) is 4.90 Å². The van der Waals surface area contributed by atoms with Crippen molar-refractivity contribution in [2.75, 3.05) is 0 Å². The number of rotatable bonds is 3. The first kappa shape index (κ1) is 15.1. The molecule has 19 heavy (non-hydrogen) atoms. The van der Waals surface area contributed by atoms with E-state index < -0.39 is 35.6 Å². The molecule has 1 fully saturated rings. The second-order valence-electron chi connectivity index (χ2n) is 5.15. The lowest BCUT2D eigenvalue weighted by Crippen LogP contribution is -2.49. The molecule has 2 amide bonds. The van der Waals surface area contributed by atoms with Crippen LogP contribution in [-0.4, -0.2) is 40.5 Å². The second kappa shape index (κ2) is 5.38. The minimum absolute atomic E-state index is 0.000599. The number of likely N-dealkylation sites (tertiary alicyclic amines) is 1. The highest BCUT2D eigenvalue weighted by molar-refractivity contribution is 6.05. The summed E-state index contributed by atoms with van der Waals surface area (Å²) < 4.78 is 9.80. The Hall–Kier alpha value is -1.92. The van der Waals surface area contributed by atoms with Crippen molar-refractivity contribution in [2.24, 2.45) is 0 Å². The summed E-state index contributed by atoms with van der Waals surface area (Å²) in [5, 5.41) is 0. The first-order chi connectivity index (χ1) is 8.61. The Morgan fingerprint density at radius 3 is 2.00 bits per heavy atom. The van der Waals surface area contributed by atoms with E-state index in [0.717, 1.165) is 6.92 Å². The van der Waals surface area contributed by atoms with Crippen LogP contribution in [0.3, 0.4) is 0 Å². The summed E-state index contributed by atoms with van der Waals surface area (Å²) in [4.78, 5) is 46.8. The van der Waals surface area contributed by atoms with Crippen LogP contribution in [-0.2, 0) is 28.7 Å². The number of carbonyl (C=O) groups excluding carboxylic acids is 4. The quantitative estimate of drug-likeness (QED) is 0.544. The molecule has 1 rings (SSSR count). The van der Waals surface area contributed by atoms with Gasteiger partial charge in [0.25, 0.3) is 6.23 Å². The average molecular weight is 271 g/mol. The molecule has 7 heteroatoms. The molecule has 0 bridgehead atoms. The third-order valence-electron chi connectivity index (χ3n) is 2.21. The van der Waals surface area contributed by atoms with Gasteiger partial charge in [-0.2, -0.15) is 0 Å². The number of hydrogen-bond acceptors (Lipinski definition) is 6. The molecule has 0 aromatic carbocycles. The maximum absolute atomic E-state index is 11.9. The molecule has 7 nitrogen and oxygen atoms in total. The summed E-state index contributed by atoms with van der Waals surface area (Å²) in [6, 6.07) is 0. The van der Waals surface area contributed by atoms with Crippen molar-refractivity contribution in [3.63, 3.8) is 0 Å². The van der Waals surface area contributed by atoms with Crippen molar-refractivity contribution in [1.82, 2.24) is 4.90 Å². The van der Waals surface area contributed by atoms with Gasteiger partial charge in [0.2, 0.25) is 11.8 Å². The molecule has 1 aliphatic heterocycles. The molecular weight excluding hydrogens is 254 g/mol. The Labute approximate surface area is 110 Å². The van der Waals surface area contributed by atoms with Crippen LogP contribution in [0, 0.1) is 0 Å². The fourth-order valence-electron chi connectivity index (χ4n) is 1.57. The lowest BCUT2D eigenvalue weighted by molar-refractivity contribution is -0.190. The third-order valence-corrected chi connectivity index (χ3v) is 2.21. The molecule has 0 spiro atoms. The van der Waals surface area contributed by atoms with Crippen LogP contribution in [0.4, 0.5) is 0 Å². The zero-order valence-corrected chi connectivity index (χ0v) is 11.4. The van der Waals surface area contributed by atoms with Crippen LogP contribution in [0.5, 0.6) is 0 Å². The zero-order chi connectivity index (χ0) is 14.8. The van der Waals surface area contributed by atoms with Gasteiger partial charge in [-0.05, 0) is 20.8 Å². The Bertz CT molecular complexity index is 406. The van der Waals surface area contributed by atoms with Crippen molar-refractivity contribution in [1.29, 1.82) is 0 Å². The first-order valence-electron chi connectivity index (χ1n) is 5.87. The van der Waals surface area contributed by atoms with Crippen LogP contribution in [0.1, 0.15) is 40.5 Å². The lowest BCUT2D eigenvalue weighted by Gasteiger charge is -2.27. The van der Waals surface area contributed by atoms with Crippen molar-refractivity contribution in [3.8, 4) is 0 Å². The van der Waals surface area contributed by atoms with Crippen molar-refractivity contribution in [2.45, 2.75) is 52.4 Å². The summed E-state index contributed by atoms with van der Waals surface area (Å²) in [6.07, 6.45) is -1.64. The number of carbonyl (C=O) groups is 4. The molecular formula is C12H17NO6. The third kappa shape index (κ3) is 4.04. The van der Waals surface area contributed by atoms with Crippen molar-refractivity contribution >= 4 is 23.8 Å². The number of nitrogens with zero attached hydrogens (tertiary/aromatic N) is 1. The van der Waals surface area contributed by atoms with E-state index in [1.807, 2.05) is 0 Å². The minimum atomic E-state index is -1.64. The molecule has 0 aromatic heterocycles. The molecule has 0 saturated carbocycles. The molecule has 1 unspecified atom stereocenters. The van der Waals surface area contributed by atoms with Gasteiger partial charge in [0, 0.05) is 19.8 Å². The Balaban J connectivity index is 2.94. The van der Waals surface area contributed by atoms with Crippen LogP contribution in [0.2, 0.25) is 0 Å². The summed E-state index contributed by atoms with van der Waals surface area (Å²) in [7, 11) is 0. The van der Waals surface area contributed by atoms with Gasteiger partial charge in [0.05, 0.1) is 0 Å². The van der Waals surface area contributed by atoms with Gasteiger partial charge in [-0.15, -0.1) is 0 Å². The molecule has 1 atom stereocenters. The van der Waals surface area contributed by atoms with Gasteiger partial charge < -0.3 is 9.47 Å². The zero-order valence-electron chi connectivity index (χ0n) is 11.4. The highest BCUT2D eigenvalue weighted by Crippen LogP contribution is 2.19. The minimum Gasteiger partial charge on any atom is -0.456 e. The van der Waals surface area contributed by atoms with E-state index in [1.165, 1.54) is 0 Å². The van der Waals surface area contributed by atoms with E-state index in [2.05, 4.69) is 0 Å². The molecule has 0 aliphatic carbocycles. The topological polar surface area (TPSA) is 90.0 Å². The number of imide groups is 1. The molecule has 1 aliphatic rings. The molecule has 0 N–H and O–H groups in total. The summed E-state index contributed by atoms with van der Waals surface area (Å²) in [5.74, 6) is -2.82. The molecule has 1 heterocycles. The van der Waals surface area contributed by atoms with Crippen molar-refractivity contribution in [3.05, 3.63) is 0 Å². The number of amides is 2. The van der Waals surface area contributed by atoms with Crippen LogP contribution >= 0.6 is 0 Å². The maximum Gasteiger partial charge on any atom is 0.370 e. The molecule has 106 valence electrons. The summed E-state index contributed by atoms with van der Waals surface area (Å²) in [6.45, 7) is 5.97. The van der Waals surface area contributed by atoms with E-state index in [1.54, 1.807) is 20.8 Å². The van der Waals surface area contributed by atoms with E-state index in [9.17, 15) is 19.2 Å². The second-order valence-corrected chi connectivity index (χ2v) is 5.15. The van der Waals surface area contributed by atoms with Gasteiger partial charge in [-0.25, -0.2) is 9.69 Å². The first-order valence-corrected chi connectivity index (χ1v) is 5.87. The lowest BCUT2D eigenvalue weighted by atomic mass is 10.2. The predicted molar refractivity (Wildman–Crippen MR) is 62.5 cm³/mol. The van der Waals surface area contributed by atoms with Gasteiger partial charge in [0.1, 0.15) is 5.60 Å². The van der Waals surface area contributed by atoms with Crippen LogP contribution in [0.25, 0.3) is 0 Å². The standard InChI is InChI=1S/C12H17NO6/c1-7(14)18-10(11(17)19-12(2,3)4)13-8(15)5-6-9(13)16/h10H,5-6H2,1-4H3. The average Bonchev–Trinajstić information content (AvgIpc) is 2.52. The highest BCUT2D eigenvalue weighted by Gasteiger charge is 2.42. The highest BCUT2D eigenvalue weighted by atomic mass is 16.6. The Morgan fingerprint density at radius 2 is 1.63 bits per heavy atom. The van der Waals surface area contributed by atoms with Crippen molar-refractivity contribution < 1.29 is 28.7 Å². The van der Waals surface area contributed by atoms with Gasteiger partial charge in [-0.1, -0.05) is 0 Å². The van der Waals surface area contributed by atoms with Crippen LogP contribution < -0.4 is 0 Å². The van der Waals surface area contributed by atoms with Gasteiger partial charge in [-0.3, -0.25) is 14.4 Å². The van der Waals surface area contributed by atoms with Gasteiger partial charge >= 0.3 is 11.9 Å². The number of esters is 2. The van der Waals surface area contributed by atoms with E-state index in [4.69, 9.17) is 9.47 Å². The SMILES string of the molecule is CC(=O)OC(C(=O)OC(C)(C)C)N1C(=O)CCC1=O. The number of hydrogen-bond donors (Lipinski definition) is 0. The normalized spacial score (nSPS) is 17.4. The smallest absolute Gasteiger partial charge is 0.370 e. The maximum atomic E-state index is 11.9. The summed E-state index contributed by atoms with van der Waals surface area (Å²) in [5.41, 5.74) is -0.818. The molecule has 0 radical (unpaired) electrons. The molecule has 1 saturated heterocycles. The Morgan fingerprint density at radius 1 is 1.16 bits per heavy atom. The molecule has 0 aromatic rings. The van der Waals surface area contributed by atoms with Gasteiger partial charge in [0.15, 0.2) is 0 Å². The Kier molecular flexibility index (Phi) is 4.28. The largest absolute Gasteiger partial charge is 0.456 e. The number of ether oxygens (including phenoxy) is 2. The predicted octanol–water partition coefficient (Wildman–Crippen LogP) is 0.366. The fourth-order valence-corrected chi connectivity index (χ4v) is 1.57. The van der Waals surface area contributed by atoms with E-state index >= 15 is 0 Å².